The number of ether oxygens (including phenoxy) is 1. The van der Waals surface area contributed by atoms with Crippen LogP contribution in [-0.4, -0.2) is 43.6 Å². The van der Waals surface area contributed by atoms with Crippen LogP contribution in [0.25, 0.3) is 0 Å². The average molecular weight is 629 g/mol. The van der Waals surface area contributed by atoms with Gasteiger partial charge in [-0.1, -0.05) is 89.4 Å². The molecule has 0 aliphatic carbocycles. The number of hydrogen-bond acceptors (Lipinski definition) is 3. The van der Waals surface area contributed by atoms with Crippen LogP contribution in [0.2, 0.25) is 10.0 Å². The molecule has 0 aliphatic heterocycles. The largest absolute Gasteiger partial charge is 0.492 e. The molecule has 0 spiro atoms. The van der Waals surface area contributed by atoms with E-state index in [9.17, 15) is 18.0 Å². The van der Waals surface area contributed by atoms with Crippen molar-refractivity contribution in [3.05, 3.63) is 135 Å². The van der Waals surface area contributed by atoms with Crippen LogP contribution >= 0.6 is 23.2 Å². The first kappa shape index (κ1) is 32.6. The van der Waals surface area contributed by atoms with E-state index in [1.54, 1.807) is 36.4 Å². The summed E-state index contributed by atoms with van der Waals surface area (Å²) in [6.07, 6.45) is -4.87. The Bertz CT molecular complexity index is 1410. The molecule has 43 heavy (non-hydrogen) atoms. The number of aryl methyl sites for hydroxylation is 1. The van der Waals surface area contributed by atoms with E-state index < -0.39 is 17.9 Å². The highest BCUT2D eigenvalue weighted by atomic mass is 35.5. The predicted molar refractivity (Wildman–Crippen MR) is 167 cm³/mol. The third-order valence-electron chi connectivity index (χ3n) is 7.44. The molecule has 3 nitrogen and oxygen atoms in total. The van der Waals surface area contributed by atoms with Crippen LogP contribution in [0.1, 0.15) is 33.7 Å². The van der Waals surface area contributed by atoms with Crippen molar-refractivity contribution in [2.45, 2.75) is 31.9 Å². The van der Waals surface area contributed by atoms with Crippen molar-refractivity contribution in [1.82, 2.24) is 4.90 Å². The summed E-state index contributed by atoms with van der Waals surface area (Å²) in [5, 5.41) is 1.36. The number of likely N-dealkylation sites (N-methyl/N-ethyl adjacent to an activating group) is 1. The van der Waals surface area contributed by atoms with Gasteiger partial charge in [-0.3, -0.25) is 4.79 Å². The normalized spacial score (nSPS) is 12.5. The van der Waals surface area contributed by atoms with Crippen LogP contribution in [0.4, 0.5) is 13.2 Å². The standard InChI is InChI=1S/C35H34Cl2F3NO2/c1-24-3-5-25(6-4-24)21-29(34(42)35(38,39)40)22-26-7-17-32(18-8-26)43-20-19-41(2)23-33(27-9-13-30(36)14-10-27)28-11-15-31(37)16-12-28/h3-18,29,33H,19-23H2,1-2H3. The molecular weight excluding hydrogens is 594 g/mol. The minimum atomic E-state index is -4.88. The number of hydrogen-bond donors (Lipinski definition) is 0. The van der Waals surface area contributed by atoms with Gasteiger partial charge < -0.3 is 9.64 Å². The molecule has 0 amide bonds. The molecule has 0 N–H and O–H groups in total. The Hall–Kier alpha value is -3.32. The number of nitrogens with zero attached hydrogens (tertiary/aromatic N) is 1. The van der Waals surface area contributed by atoms with Gasteiger partial charge in [-0.05, 0) is 85.5 Å². The van der Waals surface area contributed by atoms with E-state index >= 15 is 0 Å². The summed E-state index contributed by atoms with van der Waals surface area (Å²) < 4.78 is 46.0. The third-order valence-corrected chi connectivity index (χ3v) is 7.94. The van der Waals surface area contributed by atoms with E-state index in [-0.39, 0.29) is 18.8 Å². The molecule has 0 saturated carbocycles. The maximum atomic E-state index is 13.4. The number of carbonyl (C=O) groups is 1. The summed E-state index contributed by atoms with van der Waals surface area (Å²) in [6.45, 7) is 3.72. The molecule has 0 fully saturated rings. The fourth-order valence-corrected chi connectivity index (χ4v) is 5.27. The van der Waals surface area contributed by atoms with Crippen LogP contribution in [0.3, 0.4) is 0 Å². The molecular formula is C35H34Cl2F3NO2. The van der Waals surface area contributed by atoms with Gasteiger partial charge in [-0.25, -0.2) is 0 Å². The van der Waals surface area contributed by atoms with Crippen molar-refractivity contribution < 1.29 is 22.7 Å². The Kier molecular flexibility index (Phi) is 11.3. The van der Waals surface area contributed by atoms with Gasteiger partial charge >= 0.3 is 6.18 Å². The minimum Gasteiger partial charge on any atom is -0.492 e. The van der Waals surface area contributed by atoms with Crippen LogP contribution < -0.4 is 4.74 Å². The first-order valence-corrected chi connectivity index (χ1v) is 14.8. The first-order chi connectivity index (χ1) is 20.5. The van der Waals surface area contributed by atoms with Crippen molar-refractivity contribution in [2.24, 2.45) is 5.92 Å². The molecule has 8 heteroatoms. The molecule has 0 aromatic heterocycles. The van der Waals surface area contributed by atoms with Gasteiger partial charge in [0.05, 0.1) is 0 Å². The molecule has 0 heterocycles. The molecule has 226 valence electrons. The molecule has 0 saturated heterocycles. The van der Waals surface area contributed by atoms with Crippen molar-refractivity contribution in [2.75, 3.05) is 26.7 Å². The average Bonchev–Trinajstić information content (AvgIpc) is 2.98. The highest BCUT2D eigenvalue weighted by Crippen LogP contribution is 2.29. The molecule has 4 aromatic carbocycles. The zero-order valence-corrected chi connectivity index (χ0v) is 25.6. The number of rotatable bonds is 13. The third kappa shape index (κ3) is 9.85. The number of ketones is 1. The monoisotopic (exact) mass is 627 g/mol. The van der Waals surface area contributed by atoms with Crippen molar-refractivity contribution >= 4 is 29.0 Å². The molecule has 0 radical (unpaired) electrons. The zero-order valence-electron chi connectivity index (χ0n) is 24.1. The van der Waals surface area contributed by atoms with E-state index in [1.807, 2.05) is 74.6 Å². The van der Waals surface area contributed by atoms with Crippen LogP contribution in [0.15, 0.2) is 97.1 Å². The number of Topliss-reactive ketones (excluding diaryl/α,β-unsaturated/α-hetero) is 1. The Morgan fingerprint density at radius 3 is 1.70 bits per heavy atom. The first-order valence-electron chi connectivity index (χ1n) is 14.1. The lowest BCUT2D eigenvalue weighted by atomic mass is 9.88. The smallest absolute Gasteiger partial charge is 0.450 e. The Labute approximate surface area is 261 Å². The predicted octanol–water partition coefficient (Wildman–Crippen LogP) is 8.98. The summed E-state index contributed by atoms with van der Waals surface area (Å²) in [4.78, 5) is 14.4. The van der Waals surface area contributed by atoms with Crippen LogP contribution in [0.5, 0.6) is 5.75 Å². The van der Waals surface area contributed by atoms with Crippen molar-refractivity contribution in [3.8, 4) is 5.75 Å². The Morgan fingerprint density at radius 2 is 1.23 bits per heavy atom. The number of benzene rings is 4. The van der Waals surface area contributed by atoms with Gasteiger partial charge in [-0.2, -0.15) is 13.2 Å². The zero-order chi connectivity index (χ0) is 31.0. The summed E-state index contributed by atoms with van der Waals surface area (Å²) in [6, 6.07) is 29.8. The SMILES string of the molecule is Cc1ccc(CC(Cc2ccc(OCCN(C)CC(c3ccc(Cl)cc3)c3ccc(Cl)cc3)cc2)C(=O)C(F)(F)F)cc1. The van der Waals surface area contributed by atoms with E-state index in [0.29, 0.717) is 40.1 Å². The highest BCUT2D eigenvalue weighted by Gasteiger charge is 2.43. The van der Waals surface area contributed by atoms with Gasteiger partial charge in [-0.15, -0.1) is 0 Å². The summed E-state index contributed by atoms with van der Waals surface area (Å²) in [5.74, 6) is -2.18. The molecule has 1 atom stereocenters. The molecule has 1 unspecified atom stereocenters. The second kappa shape index (κ2) is 14.9. The summed E-state index contributed by atoms with van der Waals surface area (Å²) >= 11 is 12.2. The number of halogens is 5. The lowest BCUT2D eigenvalue weighted by Crippen LogP contribution is -2.33. The molecule has 0 bridgehead atoms. The van der Waals surface area contributed by atoms with Crippen molar-refractivity contribution in [3.63, 3.8) is 0 Å². The van der Waals surface area contributed by atoms with Gasteiger partial charge in [0.2, 0.25) is 5.78 Å². The topological polar surface area (TPSA) is 29.5 Å². The van der Waals surface area contributed by atoms with Gasteiger partial charge in [0, 0.05) is 35.0 Å². The minimum absolute atomic E-state index is 0.00791. The second-order valence-corrected chi connectivity index (χ2v) is 11.7. The quantitative estimate of drug-likeness (QED) is 0.148. The van der Waals surface area contributed by atoms with E-state index in [4.69, 9.17) is 27.9 Å². The number of carbonyl (C=O) groups excluding carboxylic acids is 1. The van der Waals surface area contributed by atoms with Crippen LogP contribution in [0, 0.1) is 12.8 Å². The fraction of sp³-hybridized carbons (Fsp3) is 0.286. The molecule has 0 aliphatic rings. The van der Waals surface area contributed by atoms with Gasteiger partial charge in [0.25, 0.3) is 0 Å². The molecule has 4 rings (SSSR count). The number of alkyl halides is 3. The van der Waals surface area contributed by atoms with Crippen LogP contribution in [-0.2, 0) is 17.6 Å². The van der Waals surface area contributed by atoms with E-state index in [2.05, 4.69) is 4.90 Å². The maximum Gasteiger partial charge on any atom is 0.450 e. The van der Waals surface area contributed by atoms with Gasteiger partial charge in [0.1, 0.15) is 12.4 Å². The summed E-state index contributed by atoms with van der Waals surface area (Å²) in [5.41, 5.74) is 4.63. The van der Waals surface area contributed by atoms with Crippen molar-refractivity contribution in [1.29, 1.82) is 0 Å². The summed E-state index contributed by atoms with van der Waals surface area (Å²) in [7, 11) is 2.02. The second-order valence-electron chi connectivity index (χ2n) is 10.9. The lowest BCUT2D eigenvalue weighted by molar-refractivity contribution is -0.175. The van der Waals surface area contributed by atoms with E-state index in [1.165, 1.54) is 0 Å². The maximum absolute atomic E-state index is 13.4. The molecule has 4 aromatic rings. The Balaban J connectivity index is 1.34. The lowest BCUT2D eigenvalue weighted by Gasteiger charge is -2.25. The highest BCUT2D eigenvalue weighted by molar-refractivity contribution is 6.30. The fourth-order valence-electron chi connectivity index (χ4n) is 5.02. The van der Waals surface area contributed by atoms with Gasteiger partial charge in [0.15, 0.2) is 0 Å². The Morgan fingerprint density at radius 1 is 0.767 bits per heavy atom. The van der Waals surface area contributed by atoms with E-state index in [0.717, 1.165) is 23.2 Å².